The SMILES string of the molecule is CCNC(=O)C[C@@H]1N=C(c2ccc(Cl)cc2)c2c(sc(C#Cc3cncn3C)c2C)N(C(C)=N)C1=N. The van der Waals surface area contributed by atoms with E-state index in [2.05, 4.69) is 22.1 Å². The summed E-state index contributed by atoms with van der Waals surface area (Å²) < 4.78 is 1.84. The number of hydrogen-bond donors (Lipinski definition) is 3. The first-order valence-corrected chi connectivity index (χ1v) is 12.6. The van der Waals surface area contributed by atoms with Crippen molar-refractivity contribution in [2.45, 2.75) is 33.2 Å². The highest BCUT2D eigenvalue weighted by Gasteiger charge is 2.35. The minimum atomic E-state index is -0.759. The summed E-state index contributed by atoms with van der Waals surface area (Å²) in [6, 6.07) is 6.58. The van der Waals surface area contributed by atoms with E-state index in [-0.39, 0.29) is 24.0 Å². The van der Waals surface area contributed by atoms with Crippen LogP contribution < -0.4 is 10.2 Å². The van der Waals surface area contributed by atoms with Crippen LogP contribution in [0.3, 0.4) is 0 Å². The zero-order valence-electron chi connectivity index (χ0n) is 20.4. The molecule has 0 radical (unpaired) electrons. The number of carbonyl (C=O) groups is 1. The number of amides is 1. The summed E-state index contributed by atoms with van der Waals surface area (Å²) >= 11 is 7.56. The highest BCUT2D eigenvalue weighted by atomic mass is 35.5. The van der Waals surface area contributed by atoms with E-state index >= 15 is 0 Å². The van der Waals surface area contributed by atoms with Crippen molar-refractivity contribution in [3.05, 3.63) is 69.1 Å². The highest BCUT2D eigenvalue weighted by Crippen LogP contribution is 2.40. The topological polar surface area (TPSA) is 110 Å². The molecule has 1 aliphatic heterocycles. The van der Waals surface area contributed by atoms with Gasteiger partial charge in [-0.05, 0) is 50.3 Å². The zero-order valence-corrected chi connectivity index (χ0v) is 22.0. The molecule has 3 aromatic rings. The van der Waals surface area contributed by atoms with Crippen LogP contribution in [-0.2, 0) is 11.8 Å². The highest BCUT2D eigenvalue weighted by molar-refractivity contribution is 7.17. The molecule has 2 aromatic heterocycles. The number of anilines is 1. The smallest absolute Gasteiger partial charge is 0.222 e. The van der Waals surface area contributed by atoms with Gasteiger partial charge in [0, 0.05) is 29.7 Å². The number of thiophene rings is 1. The molecule has 1 aromatic carbocycles. The number of imidazole rings is 1. The normalized spacial score (nSPS) is 14.9. The third kappa shape index (κ3) is 4.96. The molecular formula is C26H26ClN7OS. The number of aromatic nitrogens is 2. The lowest BCUT2D eigenvalue weighted by Gasteiger charge is -2.24. The van der Waals surface area contributed by atoms with Crippen molar-refractivity contribution < 1.29 is 4.79 Å². The van der Waals surface area contributed by atoms with Crippen LogP contribution in [0.15, 0.2) is 41.8 Å². The summed E-state index contributed by atoms with van der Waals surface area (Å²) in [5.74, 6) is 6.46. The van der Waals surface area contributed by atoms with Gasteiger partial charge in [0.1, 0.15) is 28.4 Å². The number of halogens is 1. The molecule has 0 bridgehead atoms. The average molecular weight is 520 g/mol. The first-order valence-electron chi connectivity index (χ1n) is 11.4. The minimum absolute atomic E-state index is 0.00861. The monoisotopic (exact) mass is 519 g/mol. The van der Waals surface area contributed by atoms with E-state index in [1.165, 1.54) is 11.3 Å². The summed E-state index contributed by atoms with van der Waals surface area (Å²) in [7, 11) is 1.88. The fraction of sp³-hybridized carbons (Fsp3) is 0.269. The van der Waals surface area contributed by atoms with Crippen LogP contribution in [0, 0.1) is 29.6 Å². The molecule has 10 heteroatoms. The number of benzene rings is 1. The van der Waals surface area contributed by atoms with Gasteiger partial charge in [0.25, 0.3) is 0 Å². The van der Waals surface area contributed by atoms with Crippen molar-refractivity contribution >= 4 is 51.2 Å². The lowest BCUT2D eigenvalue weighted by molar-refractivity contribution is -0.121. The minimum Gasteiger partial charge on any atom is -0.356 e. The van der Waals surface area contributed by atoms with Gasteiger partial charge in [-0.2, -0.15) is 0 Å². The maximum atomic E-state index is 12.5. The summed E-state index contributed by atoms with van der Waals surface area (Å²) in [5.41, 5.74) is 3.93. The number of aliphatic imine (C=N–C) groups is 1. The molecular weight excluding hydrogens is 494 g/mol. The van der Waals surface area contributed by atoms with Crippen LogP contribution in [-0.4, -0.2) is 45.4 Å². The second-order valence-electron chi connectivity index (χ2n) is 8.34. The summed E-state index contributed by atoms with van der Waals surface area (Å²) in [6.45, 7) is 5.94. The largest absolute Gasteiger partial charge is 0.356 e. The zero-order chi connectivity index (χ0) is 26.0. The van der Waals surface area contributed by atoms with Gasteiger partial charge in [-0.15, -0.1) is 11.3 Å². The predicted octanol–water partition coefficient (Wildman–Crippen LogP) is 4.37. The van der Waals surface area contributed by atoms with Crippen LogP contribution >= 0.6 is 22.9 Å². The molecule has 0 saturated carbocycles. The number of carbonyl (C=O) groups excluding carboxylic acids is 1. The number of rotatable bonds is 4. The molecule has 3 N–H and O–H groups in total. The van der Waals surface area contributed by atoms with E-state index in [4.69, 9.17) is 27.4 Å². The van der Waals surface area contributed by atoms with Gasteiger partial charge in [0.15, 0.2) is 0 Å². The first kappa shape index (κ1) is 25.4. The molecule has 3 heterocycles. The van der Waals surface area contributed by atoms with Crippen molar-refractivity contribution in [1.82, 2.24) is 14.9 Å². The van der Waals surface area contributed by atoms with Gasteiger partial charge >= 0.3 is 0 Å². The summed E-state index contributed by atoms with van der Waals surface area (Å²) in [6.07, 6.45) is 3.41. The Morgan fingerprint density at radius 3 is 2.61 bits per heavy atom. The molecule has 8 nitrogen and oxygen atoms in total. The fourth-order valence-corrected chi connectivity index (χ4v) is 5.29. The van der Waals surface area contributed by atoms with Gasteiger partial charge in [0.2, 0.25) is 5.91 Å². The molecule has 1 amide bonds. The van der Waals surface area contributed by atoms with Crippen LogP contribution in [0.1, 0.15) is 47.5 Å². The predicted molar refractivity (Wildman–Crippen MR) is 146 cm³/mol. The molecule has 1 atom stereocenters. The van der Waals surface area contributed by atoms with Crippen LogP contribution in [0.4, 0.5) is 5.00 Å². The third-order valence-electron chi connectivity index (χ3n) is 5.74. The number of hydrogen-bond acceptors (Lipinski definition) is 6. The second kappa shape index (κ2) is 10.5. The lowest BCUT2D eigenvalue weighted by atomic mass is 9.99. The van der Waals surface area contributed by atoms with E-state index < -0.39 is 6.04 Å². The molecule has 36 heavy (non-hydrogen) atoms. The van der Waals surface area contributed by atoms with E-state index in [0.29, 0.717) is 22.3 Å². The summed E-state index contributed by atoms with van der Waals surface area (Å²) in [4.78, 5) is 23.9. The van der Waals surface area contributed by atoms with Gasteiger partial charge in [-0.25, -0.2) is 4.98 Å². The fourth-order valence-electron chi connectivity index (χ4n) is 3.94. The molecule has 0 saturated heterocycles. The van der Waals surface area contributed by atoms with Gasteiger partial charge in [-0.1, -0.05) is 23.7 Å². The number of aryl methyl sites for hydroxylation is 1. The van der Waals surface area contributed by atoms with E-state index in [1.807, 2.05) is 37.6 Å². The van der Waals surface area contributed by atoms with Gasteiger partial charge in [-0.3, -0.25) is 25.5 Å². The van der Waals surface area contributed by atoms with E-state index in [0.717, 1.165) is 27.3 Å². The molecule has 184 valence electrons. The maximum Gasteiger partial charge on any atom is 0.222 e. The average Bonchev–Trinajstić information content (AvgIpc) is 3.34. The van der Waals surface area contributed by atoms with Crippen molar-refractivity contribution in [3.63, 3.8) is 0 Å². The van der Waals surface area contributed by atoms with Crippen molar-refractivity contribution in [3.8, 4) is 11.8 Å². The van der Waals surface area contributed by atoms with Crippen LogP contribution in [0.5, 0.6) is 0 Å². The van der Waals surface area contributed by atoms with Crippen LogP contribution in [0.2, 0.25) is 5.02 Å². The van der Waals surface area contributed by atoms with E-state index in [1.54, 1.807) is 36.5 Å². The molecule has 0 unspecified atom stereocenters. The number of amidine groups is 2. The lowest BCUT2D eigenvalue weighted by Crippen LogP contribution is -2.42. The Labute approximate surface area is 219 Å². The van der Waals surface area contributed by atoms with Crippen LogP contribution in [0.25, 0.3) is 0 Å². The Kier molecular flexibility index (Phi) is 7.38. The summed E-state index contributed by atoms with van der Waals surface area (Å²) in [5, 5.41) is 21.6. The Balaban J connectivity index is 1.93. The van der Waals surface area contributed by atoms with Gasteiger partial charge < -0.3 is 9.88 Å². The van der Waals surface area contributed by atoms with Crippen molar-refractivity contribution in [1.29, 1.82) is 10.8 Å². The third-order valence-corrected chi connectivity index (χ3v) is 7.18. The Bertz CT molecular complexity index is 1440. The van der Waals surface area contributed by atoms with Crippen molar-refractivity contribution in [2.75, 3.05) is 11.4 Å². The number of nitrogens with zero attached hydrogens (tertiary/aromatic N) is 4. The van der Waals surface area contributed by atoms with Gasteiger partial charge in [0.05, 0.1) is 29.5 Å². The Hall–Kier alpha value is -3.74. The van der Waals surface area contributed by atoms with E-state index in [9.17, 15) is 4.79 Å². The Morgan fingerprint density at radius 2 is 2.00 bits per heavy atom. The maximum absolute atomic E-state index is 12.5. The number of nitrogens with one attached hydrogen (secondary N) is 3. The first-order chi connectivity index (χ1) is 17.2. The second-order valence-corrected chi connectivity index (χ2v) is 9.78. The molecule has 0 fully saturated rings. The Morgan fingerprint density at radius 1 is 1.28 bits per heavy atom. The molecule has 0 aliphatic carbocycles. The molecule has 0 spiro atoms. The van der Waals surface area contributed by atoms with Crippen molar-refractivity contribution in [2.24, 2.45) is 12.0 Å². The molecule has 4 rings (SSSR count). The number of fused-ring (bicyclic) bond motifs is 1. The molecule has 1 aliphatic rings. The quantitative estimate of drug-likeness (QED) is 0.270. The standard InChI is InChI=1S/C26H26ClN7OS/c1-5-31-22(35)12-20-25(29)34(16(3)28)26-23(24(32-20)17-6-8-18(27)9-7-17)15(2)21(36-26)11-10-19-13-30-14-33(19)4/h6-9,13-14,20,28-29H,5,12H2,1-4H3,(H,31,35)/t20-/m0/s1.